The Morgan fingerprint density at radius 3 is 2.43 bits per heavy atom. The molecule has 1 amide bonds. The molecule has 8 heteroatoms. The Bertz CT molecular complexity index is 651. The molecular weight excluding hydrogens is 485 g/mol. The van der Waals surface area contributed by atoms with Gasteiger partial charge in [-0.1, -0.05) is 0 Å². The first-order chi connectivity index (χ1) is 13.1. The highest BCUT2D eigenvalue weighted by Crippen LogP contribution is 2.17. The van der Waals surface area contributed by atoms with Crippen molar-refractivity contribution in [3.8, 4) is 0 Å². The standard InChI is InChI=1S/C20H33N5OS.HI/c1-4-21-20(22-15-18-16(2)7-14-27-18)25-12-10-23(11-13-25)17(3)19(26)24-8-5-6-9-24;/h7,14,17H,4-6,8-13,15H2,1-3H3,(H,21,22);1H. The van der Waals surface area contributed by atoms with Gasteiger partial charge in [-0.25, -0.2) is 4.99 Å². The maximum absolute atomic E-state index is 12.7. The first-order valence-corrected chi connectivity index (χ1v) is 11.1. The van der Waals surface area contributed by atoms with E-state index in [4.69, 9.17) is 4.99 Å². The molecule has 0 aromatic carbocycles. The summed E-state index contributed by atoms with van der Waals surface area (Å²) in [6.07, 6.45) is 2.30. The number of aryl methyl sites for hydroxylation is 1. The lowest BCUT2D eigenvalue weighted by molar-refractivity contribution is -0.135. The van der Waals surface area contributed by atoms with Crippen LogP contribution in [0.25, 0.3) is 0 Å². The predicted molar refractivity (Wildman–Crippen MR) is 128 cm³/mol. The van der Waals surface area contributed by atoms with Crippen LogP contribution in [-0.4, -0.2) is 78.4 Å². The largest absolute Gasteiger partial charge is 0.357 e. The molecule has 1 atom stereocenters. The SMILES string of the molecule is CCNC(=NCc1sccc1C)N1CCN(C(C)C(=O)N2CCCC2)CC1.I. The number of aliphatic imine (C=N–C) groups is 1. The number of guanidine groups is 1. The van der Waals surface area contributed by atoms with Gasteiger partial charge in [-0.15, -0.1) is 35.3 Å². The van der Waals surface area contributed by atoms with Crippen LogP contribution in [0.3, 0.4) is 0 Å². The lowest BCUT2D eigenvalue weighted by Crippen LogP contribution is -2.57. The van der Waals surface area contributed by atoms with Crippen molar-refractivity contribution in [1.82, 2.24) is 20.0 Å². The summed E-state index contributed by atoms with van der Waals surface area (Å²) in [6, 6.07) is 2.14. The highest BCUT2D eigenvalue weighted by Gasteiger charge is 2.30. The van der Waals surface area contributed by atoms with Crippen molar-refractivity contribution in [3.05, 3.63) is 21.9 Å². The van der Waals surface area contributed by atoms with E-state index < -0.39 is 0 Å². The summed E-state index contributed by atoms with van der Waals surface area (Å²) in [5.74, 6) is 1.29. The maximum Gasteiger partial charge on any atom is 0.239 e. The fourth-order valence-corrected chi connectivity index (χ4v) is 4.65. The number of nitrogens with one attached hydrogen (secondary N) is 1. The van der Waals surface area contributed by atoms with Gasteiger partial charge in [0, 0.05) is 50.7 Å². The summed E-state index contributed by atoms with van der Waals surface area (Å²) in [4.78, 5) is 25.5. The van der Waals surface area contributed by atoms with Crippen molar-refractivity contribution < 1.29 is 4.79 Å². The Labute approximate surface area is 190 Å². The molecule has 158 valence electrons. The molecular formula is C20H34IN5OS. The molecule has 0 bridgehead atoms. The van der Waals surface area contributed by atoms with Gasteiger partial charge in [-0.2, -0.15) is 0 Å². The molecule has 2 saturated heterocycles. The van der Waals surface area contributed by atoms with E-state index in [-0.39, 0.29) is 30.0 Å². The van der Waals surface area contributed by atoms with E-state index >= 15 is 0 Å². The number of halogens is 1. The number of amides is 1. The van der Waals surface area contributed by atoms with Gasteiger partial charge < -0.3 is 15.1 Å². The predicted octanol–water partition coefficient (Wildman–Crippen LogP) is 2.77. The van der Waals surface area contributed by atoms with E-state index in [0.29, 0.717) is 5.91 Å². The van der Waals surface area contributed by atoms with Gasteiger partial charge in [0.1, 0.15) is 0 Å². The highest BCUT2D eigenvalue weighted by molar-refractivity contribution is 14.0. The third kappa shape index (κ3) is 5.82. The molecule has 6 nitrogen and oxygen atoms in total. The number of carbonyl (C=O) groups is 1. The lowest BCUT2D eigenvalue weighted by Gasteiger charge is -2.39. The summed E-state index contributed by atoms with van der Waals surface area (Å²) in [7, 11) is 0. The number of likely N-dealkylation sites (tertiary alicyclic amines) is 1. The molecule has 1 unspecified atom stereocenters. The molecule has 0 saturated carbocycles. The van der Waals surface area contributed by atoms with E-state index in [2.05, 4.69) is 47.3 Å². The topological polar surface area (TPSA) is 51.2 Å². The summed E-state index contributed by atoms with van der Waals surface area (Å²) >= 11 is 1.77. The second-order valence-electron chi connectivity index (χ2n) is 7.43. The van der Waals surface area contributed by atoms with Crippen LogP contribution < -0.4 is 5.32 Å². The fourth-order valence-electron chi connectivity index (χ4n) is 3.82. The van der Waals surface area contributed by atoms with Crippen LogP contribution in [0.5, 0.6) is 0 Å². The molecule has 1 N–H and O–H groups in total. The molecule has 3 rings (SSSR count). The normalized spacial score (nSPS) is 19.5. The quantitative estimate of drug-likeness (QED) is 0.370. The summed E-state index contributed by atoms with van der Waals surface area (Å²) in [6.45, 7) is 13.4. The summed E-state index contributed by atoms with van der Waals surface area (Å²) in [5, 5.41) is 5.56. The Morgan fingerprint density at radius 1 is 1.18 bits per heavy atom. The van der Waals surface area contributed by atoms with Crippen LogP contribution in [-0.2, 0) is 11.3 Å². The molecule has 0 aliphatic carbocycles. The van der Waals surface area contributed by atoms with Crippen molar-refractivity contribution in [2.75, 3.05) is 45.8 Å². The zero-order valence-corrected chi connectivity index (χ0v) is 20.5. The number of hydrogen-bond donors (Lipinski definition) is 1. The minimum atomic E-state index is -0.0152. The van der Waals surface area contributed by atoms with Gasteiger partial charge in [0.15, 0.2) is 5.96 Å². The van der Waals surface area contributed by atoms with E-state index in [1.165, 1.54) is 10.4 Å². The number of hydrogen-bond acceptors (Lipinski definition) is 4. The minimum Gasteiger partial charge on any atom is -0.357 e. The van der Waals surface area contributed by atoms with Crippen LogP contribution in [0.2, 0.25) is 0 Å². The van der Waals surface area contributed by atoms with Gasteiger partial charge in [0.25, 0.3) is 0 Å². The van der Waals surface area contributed by atoms with E-state index in [9.17, 15) is 4.79 Å². The third-order valence-electron chi connectivity index (χ3n) is 5.61. The number of rotatable bonds is 5. The summed E-state index contributed by atoms with van der Waals surface area (Å²) in [5.41, 5.74) is 1.32. The monoisotopic (exact) mass is 519 g/mol. The first-order valence-electron chi connectivity index (χ1n) is 10.2. The smallest absolute Gasteiger partial charge is 0.239 e. The molecule has 3 heterocycles. The zero-order chi connectivity index (χ0) is 19.2. The van der Waals surface area contributed by atoms with Crippen molar-refractivity contribution in [2.24, 2.45) is 4.99 Å². The second kappa shape index (κ2) is 11.3. The van der Waals surface area contributed by atoms with Crippen LogP contribution in [0, 0.1) is 6.92 Å². The molecule has 2 aliphatic heterocycles. The van der Waals surface area contributed by atoms with Crippen molar-refractivity contribution in [3.63, 3.8) is 0 Å². The number of nitrogens with zero attached hydrogens (tertiary/aromatic N) is 4. The number of piperazine rings is 1. The molecule has 28 heavy (non-hydrogen) atoms. The number of carbonyl (C=O) groups excluding carboxylic acids is 1. The first kappa shape index (κ1) is 23.4. The molecule has 0 spiro atoms. The van der Waals surface area contributed by atoms with E-state index in [1.807, 2.05) is 4.90 Å². The van der Waals surface area contributed by atoms with Crippen LogP contribution >= 0.6 is 35.3 Å². The highest BCUT2D eigenvalue weighted by atomic mass is 127. The maximum atomic E-state index is 12.7. The Balaban J connectivity index is 0.00000280. The Morgan fingerprint density at radius 2 is 1.86 bits per heavy atom. The average molecular weight is 519 g/mol. The van der Waals surface area contributed by atoms with Gasteiger partial charge >= 0.3 is 0 Å². The van der Waals surface area contributed by atoms with Crippen molar-refractivity contribution >= 4 is 47.2 Å². The van der Waals surface area contributed by atoms with Gasteiger partial charge in [-0.05, 0) is 50.6 Å². The van der Waals surface area contributed by atoms with Crippen LogP contribution in [0.1, 0.15) is 37.1 Å². The molecule has 1 aromatic heterocycles. The van der Waals surface area contributed by atoms with Gasteiger partial charge in [-0.3, -0.25) is 9.69 Å². The van der Waals surface area contributed by atoms with Crippen molar-refractivity contribution in [1.29, 1.82) is 0 Å². The summed E-state index contributed by atoms with van der Waals surface area (Å²) < 4.78 is 0. The minimum absolute atomic E-state index is 0. The fraction of sp³-hybridized carbons (Fsp3) is 0.700. The lowest BCUT2D eigenvalue weighted by atomic mass is 10.2. The zero-order valence-electron chi connectivity index (χ0n) is 17.3. The van der Waals surface area contributed by atoms with E-state index in [1.54, 1.807) is 11.3 Å². The number of thiophene rings is 1. The third-order valence-corrected chi connectivity index (χ3v) is 6.62. The Hall–Kier alpha value is -0.870. The average Bonchev–Trinajstić information content (AvgIpc) is 3.36. The van der Waals surface area contributed by atoms with Crippen LogP contribution in [0.4, 0.5) is 0 Å². The Kier molecular flexibility index (Phi) is 9.49. The second-order valence-corrected chi connectivity index (χ2v) is 8.43. The van der Waals surface area contributed by atoms with Gasteiger partial charge in [0.2, 0.25) is 5.91 Å². The molecule has 1 aromatic rings. The van der Waals surface area contributed by atoms with E-state index in [0.717, 1.165) is 71.2 Å². The molecule has 0 radical (unpaired) electrons. The van der Waals surface area contributed by atoms with Crippen LogP contribution in [0.15, 0.2) is 16.4 Å². The molecule has 2 aliphatic rings. The van der Waals surface area contributed by atoms with Crippen molar-refractivity contribution in [2.45, 2.75) is 46.2 Å². The molecule has 2 fully saturated rings. The van der Waals surface area contributed by atoms with Gasteiger partial charge in [0.05, 0.1) is 12.6 Å².